The highest BCUT2D eigenvalue weighted by molar-refractivity contribution is 4.85. The summed E-state index contributed by atoms with van der Waals surface area (Å²) in [6, 6.07) is 0. The van der Waals surface area contributed by atoms with Crippen molar-refractivity contribution in [1.82, 2.24) is 9.80 Å². The summed E-state index contributed by atoms with van der Waals surface area (Å²) in [6.07, 6.45) is 0. The van der Waals surface area contributed by atoms with E-state index in [0.29, 0.717) is 0 Å². The van der Waals surface area contributed by atoms with Gasteiger partial charge in [-0.2, -0.15) is 0 Å². The molecule has 0 aromatic heterocycles. The molecule has 0 spiro atoms. The van der Waals surface area contributed by atoms with Crippen LogP contribution in [0.1, 0.15) is 41.5 Å². The van der Waals surface area contributed by atoms with Crippen LogP contribution in [0, 0.1) is 0 Å². The fraction of sp³-hybridized carbons (Fsp3) is 1.00. The van der Waals surface area contributed by atoms with Crippen molar-refractivity contribution in [1.29, 1.82) is 0 Å². The zero-order valence-electron chi connectivity index (χ0n) is 10.6. The fourth-order valence-electron chi connectivity index (χ4n) is 1.71. The van der Waals surface area contributed by atoms with Crippen LogP contribution in [0.4, 0.5) is 0 Å². The first-order valence-corrected chi connectivity index (χ1v) is 4.97. The van der Waals surface area contributed by atoms with Crippen LogP contribution < -0.4 is 0 Å². The molecule has 0 aromatic rings. The minimum Gasteiger partial charge on any atom is -0.297 e. The quantitative estimate of drug-likeness (QED) is 0.611. The second-order valence-corrected chi connectivity index (χ2v) is 5.99. The molecule has 0 aliphatic rings. The second-order valence-electron chi connectivity index (χ2n) is 5.99. The first-order valence-electron chi connectivity index (χ1n) is 4.97. The Morgan fingerprint density at radius 3 is 1.15 bits per heavy atom. The smallest absolute Gasteiger partial charge is 0.0510 e. The maximum atomic E-state index is 2.50. The summed E-state index contributed by atoms with van der Waals surface area (Å²) in [5.41, 5.74) is 0.449. The molecule has 0 rings (SSSR count). The van der Waals surface area contributed by atoms with Gasteiger partial charge in [-0.3, -0.25) is 9.80 Å². The molecule has 0 heterocycles. The molecule has 13 heavy (non-hydrogen) atoms. The van der Waals surface area contributed by atoms with E-state index < -0.39 is 0 Å². The van der Waals surface area contributed by atoms with Crippen molar-refractivity contribution in [2.75, 3.05) is 20.8 Å². The average Bonchev–Trinajstić information content (AvgIpc) is 1.77. The van der Waals surface area contributed by atoms with Crippen LogP contribution in [0.25, 0.3) is 0 Å². The van der Waals surface area contributed by atoms with Gasteiger partial charge in [0.2, 0.25) is 0 Å². The SMILES string of the molecule is CN(C)CN(C(C)(C)C)C(C)(C)C. The lowest BCUT2D eigenvalue weighted by atomic mass is 9.97. The van der Waals surface area contributed by atoms with Crippen LogP contribution in [0.15, 0.2) is 0 Å². The van der Waals surface area contributed by atoms with Gasteiger partial charge in [0.15, 0.2) is 0 Å². The summed E-state index contributed by atoms with van der Waals surface area (Å²) >= 11 is 0. The highest BCUT2D eigenvalue weighted by Gasteiger charge is 2.31. The molecule has 2 heteroatoms. The highest BCUT2D eigenvalue weighted by Crippen LogP contribution is 2.24. The third-order valence-electron chi connectivity index (χ3n) is 2.04. The third-order valence-corrected chi connectivity index (χ3v) is 2.04. The van der Waals surface area contributed by atoms with Crippen LogP contribution in [0.3, 0.4) is 0 Å². The molecule has 2 nitrogen and oxygen atoms in total. The maximum Gasteiger partial charge on any atom is 0.0510 e. The predicted molar refractivity (Wildman–Crippen MR) is 59.9 cm³/mol. The maximum absolute atomic E-state index is 2.50. The Balaban J connectivity index is 4.58. The molecule has 0 saturated heterocycles. The van der Waals surface area contributed by atoms with Gasteiger partial charge in [0, 0.05) is 11.1 Å². The van der Waals surface area contributed by atoms with Crippen molar-refractivity contribution in [2.45, 2.75) is 52.6 Å². The zero-order chi connectivity index (χ0) is 10.9. The largest absolute Gasteiger partial charge is 0.297 e. The molecule has 0 saturated carbocycles. The van der Waals surface area contributed by atoms with Gasteiger partial charge in [0.25, 0.3) is 0 Å². The zero-order valence-corrected chi connectivity index (χ0v) is 10.6. The molecule has 0 radical (unpaired) electrons. The summed E-state index contributed by atoms with van der Waals surface area (Å²) in [6.45, 7) is 14.6. The highest BCUT2D eigenvalue weighted by atomic mass is 15.3. The van der Waals surface area contributed by atoms with Crippen molar-refractivity contribution >= 4 is 0 Å². The van der Waals surface area contributed by atoms with Crippen LogP contribution >= 0.6 is 0 Å². The van der Waals surface area contributed by atoms with E-state index in [2.05, 4.69) is 65.4 Å². The monoisotopic (exact) mass is 186 g/mol. The van der Waals surface area contributed by atoms with E-state index in [1.807, 2.05) is 0 Å². The normalized spacial score (nSPS) is 14.3. The minimum absolute atomic E-state index is 0.225. The average molecular weight is 186 g/mol. The summed E-state index contributed by atoms with van der Waals surface area (Å²) in [7, 11) is 4.23. The van der Waals surface area contributed by atoms with E-state index in [1.54, 1.807) is 0 Å². The molecule has 0 aromatic carbocycles. The summed E-state index contributed by atoms with van der Waals surface area (Å²) in [5.74, 6) is 0. The second kappa shape index (κ2) is 3.97. The van der Waals surface area contributed by atoms with Gasteiger partial charge in [-0.25, -0.2) is 0 Å². The number of nitrogens with zero attached hydrogens (tertiary/aromatic N) is 2. The van der Waals surface area contributed by atoms with E-state index in [4.69, 9.17) is 0 Å². The third kappa shape index (κ3) is 4.63. The Labute approximate surface area is 83.9 Å². The van der Waals surface area contributed by atoms with E-state index >= 15 is 0 Å². The van der Waals surface area contributed by atoms with Crippen LogP contribution in [0.2, 0.25) is 0 Å². The molecule has 0 unspecified atom stereocenters. The molecule has 0 aliphatic carbocycles. The van der Waals surface area contributed by atoms with Crippen molar-refractivity contribution in [3.63, 3.8) is 0 Å². The lowest BCUT2D eigenvalue weighted by Crippen LogP contribution is -2.55. The van der Waals surface area contributed by atoms with Crippen LogP contribution in [-0.4, -0.2) is 41.6 Å². The van der Waals surface area contributed by atoms with Gasteiger partial charge >= 0.3 is 0 Å². The van der Waals surface area contributed by atoms with Crippen LogP contribution in [0.5, 0.6) is 0 Å². The Morgan fingerprint density at radius 2 is 1.08 bits per heavy atom. The number of hydrogen-bond acceptors (Lipinski definition) is 2. The van der Waals surface area contributed by atoms with E-state index in [9.17, 15) is 0 Å². The molecule has 0 N–H and O–H groups in total. The first-order chi connectivity index (χ1) is 5.55. The molecular weight excluding hydrogens is 160 g/mol. The molecule has 0 aliphatic heterocycles. The van der Waals surface area contributed by atoms with E-state index in [-0.39, 0.29) is 11.1 Å². The molecule has 80 valence electrons. The summed E-state index contributed by atoms with van der Waals surface area (Å²) < 4.78 is 0. The predicted octanol–water partition coefficient (Wildman–Crippen LogP) is 2.40. The summed E-state index contributed by atoms with van der Waals surface area (Å²) in [5, 5.41) is 0. The van der Waals surface area contributed by atoms with Gasteiger partial charge in [-0.1, -0.05) is 0 Å². The van der Waals surface area contributed by atoms with E-state index in [0.717, 1.165) is 6.67 Å². The fourth-order valence-corrected chi connectivity index (χ4v) is 1.71. The van der Waals surface area contributed by atoms with Crippen LogP contribution in [-0.2, 0) is 0 Å². The van der Waals surface area contributed by atoms with Gasteiger partial charge in [0.05, 0.1) is 6.67 Å². The molecule has 0 fully saturated rings. The van der Waals surface area contributed by atoms with Crippen molar-refractivity contribution < 1.29 is 0 Å². The molecule has 0 bridgehead atoms. The van der Waals surface area contributed by atoms with Crippen molar-refractivity contribution in [3.8, 4) is 0 Å². The Hall–Kier alpha value is -0.0800. The van der Waals surface area contributed by atoms with Crippen molar-refractivity contribution in [3.05, 3.63) is 0 Å². The van der Waals surface area contributed by atoms with Crippen molar-refractivity contribution in [2.24, 2.45) is 0 Å². The Bertz CT molecular complexity index is 134. The lowest BCUT2D eigenvalue weighted by Gasteiger charge is -2.46. The minimum atomic E-state index is 0.225. The van der Waals surface area contributed by atoms with Gasteiger partial charge < -0.3 is 0 Å². The first kappa shape index (κ1) is 12.9. The molecule has 0 atom stereocenters. The number of rotatable bonds is 2. The molecular formula is C11H26N2. The Morgan fingerprint density at radius 1 is 0.769 bits per heavy atom. The van der Waals surface area contributed by atoms with Gasteiger partial charge in [-0.15, -0.1) is 0 Å². The summed E-state index contributed by atoms with van der Waals surface area (Å²) in [4.78, 5) is 4.72. The number of hydrogen-bond donors (Lipinski definition) is 0. The standard InChI is InChI=1S/C11H26N2/c1-10(2,3)13(9-12(7)8)11(4,5)6/h9H2,1-8H3. The Kier molecular flexibility index (Phi) is 3.95. The molecule has 0 amide bonds. The topological polar surface area (TPSA) is 6.48 Å². The lowest BCUT2D eigenvalue weighted by molar-refractivity contribution is -0.000345. The van der Waals surface area contributed by atoms with Gasteiger partial charge in [-0.05, 0) is 55.6 Å². The van der Waals surface area contributed by atoms with E-state index in [1.165, 1.54) is 0 Å². The van der Waals surface area contributed by atoms with Gasteiger partial charge in [0.1, 0.15) is 0 Å².